The summed E-state index contributed by atoms with van der Waals surface area (Å²) in [6.07, 6.45) is 8.22. The van der Waals surface area contributed by atoms with Gasteiger partial charge in [0.05, 0.1) is 11.3 Å². The third kappa shape index (κ3) is 3.70. The predicted octanol–water partition coefficient (Wildman–Crippen LogP) is 2.85. The molecule has 1 aromatic carbocycles. The summed E-state index contributed by atoms with van der Waals surface area (Å²) in [4.78, 5) is 18.3. The summed E-state index contributed by atoms with van der Waals surface area (Å²) in [5.41, 5.74) is 2.66. The molecule has 0 amide bonds. The summed E-state index contributed by atoms with van der Waals surface area (Å²) < 4.78 is 1.99. The maximum atomic E-state index is 10.9. The molecule has 2 aromatic heterocycles. The zero-order valence-electron chi connectivity index (χ0n) is 12.3. The molecule has 7 heteroatoms. The number of anilines is 1. The molecule has 0 spiro atoms. The summed E-state index contributed by atoms with van der Waals surface area (Å²) in [7, 11) is 0. The molecule has 7 nitrogen and oxygen atoms in total. The standard InChI is InChI=1S/C16H15N5O2/c22-21(23)16-10-17-6-5-15(16)19-9-13-1-3-14(4-2-13)11-20-8-7-18-12-20/h1-8,10,12H,9,11H2,(H,17,19). The van der Waals surface area contributed by atoms with E-state index in [1.165, 1.54) is 18.0 Å². The van der Waals surface area contributed by atoms with Crippen molar-refractivity contribution in [2.75, 3.05) is 5.32 Å². The zero-order valence-corrected chi connectivity index (χ0v) is 12.3. The maximum Gasteiger partial charge on any atom is 0.310 e. The second-order valence-corrected chi connectivity index (χ2v) is 5.06. The highest BCUT2D eigenvalue weighted by atomic mass is 16.6. The first-order valence-electron chi connectivity index (χ1n) is 7.08. The maximum absolute atomic E-state index is 10.9. The van der Waals surface area contributed by atoms with Crippen molar-refractivity contribution in [3.8, 4) is 0 Å². The van der Waals surface area contributed by atoms with Crippen LogP contribution in [-0.2, 0) is 13.1 Å². The van der Waals surface area contributed by atoms with Gasteiger partial charge in [-0.3, -0.25) is 15.1 Å². The predicted molar refractivity (Wildman–Crippen MR) is 86.0 cm³/mol. The van der Waals surface area contributed by atoms with Gasteiger partial charge >= 0.3 is 5.69 Å². The molecular formula is C16H15N5O2. The van der Waals surface area contributed by atoms with Gasteiger partial charge in [-0.1, -0.05) is 24.3 Å². The first-order chi connectivity index (χ1) is 11.2. The molecule has 3 aromatic rings. The van der Waals surface area contributed by atoms with Crippen LogP contribution in [0.2, 0.25) is 0 Å². The minimum Gasteiger partial charge on any atom is -0.375 e. The summed E-state index contributed by atoms with van der Waals surface area (Å²) >= 11 is 0. The Morgan fingerprint density at radius 3 is 2.57 bits per heavy atom. The van der Waals surface area contributed by atoms with Crippen LogP contribution in [-0.4, -0.2) is 19.5 Å². The average molecular weight is 309 g/mol. The van der Waals surface area contributed by atoms with Crippen LogP contribution >= 0.6 is 0 Å². The summed E-state index contributed by atoms with van der Waals surface area (Å²) in [5.74, 6) is 0. The number of hydrogen-bond donors (Lipinski definition) is 1. The third-order valence-corrected chi connectivity index (χ3v) is 3.43. The number of nitrogens with zero attached hydrogens (tertiary/aromatic N) is 4. The minimum atomic E-state index is -0.441. The van der Waals surface area contributed by atoms with Crippen molar-refractivity contribution in [1.82, 2.24) is 14.5 Å². The lowest BCUT2D eigenvalue weighted by Crippen LogP contribution is -2.03. The molecule has 0 atom stereocenters. The molecule has 0 aliphatic carbocycles. The van der Waals surface area contributed by atoms with Crippen molar-refractivity contribution in [3.63, 3.8) is 0 Å². The Kier molecular flexibility index (Phi) is 4.28. The van der Waals surface area contributed by atoms with Gasteiger partial charge in [0.2, 0.25) is 0 Å². The first kappa shape index (κ1) is 14.7. The Balaban J connectivity index is 1.64. The lowest BCUT2D eigenvalue weighted by Gasteiger charge is -2.08. The molecule has 1 N–H and O–H groups in total. The molecule has 116 valence electrons. The fourth-order valence-electron chi connectivity index (χ4n) is 2.23. The lowest BCUT2D eigenvalue weighted by atomic mass is 10.1. The summed E-state index contributed by atoms with van der Waals surface area (Å²) in [5, 5.41) is 14.0. The smallest absolute Gasteiger partial charge is 0.310 e. The molecule has 2 heterocycles. The van der Waals surface area contributed by atoms with Gasteiger partial charge in [-0.25, -0.2) is 4.98 Å². The topological polar surface area (TPSA) is 85.9 Å². The molecule has 23 heavy (non-hydrogen) atoms. The second kappa shape index (κ2) is 6.69. The van der Waals surface area contributed by atoms with Gasteiger partial charge < -0.3 is 9.88 Å². The van der Waals surface area contributed by atoms with E-state index in [4.69, 9.17) is 0 Å². The van der Waals surface area contributed by atoms with Crippen molar-refractivity contribution in [2.45, 2.75) is 13.1 Å². The van der Waals surface area contributed by atoms with E-state index in [-0.39, 0.29) is 5.69 Å². The van der Waals surface area contributed by atoms with Crippen molar-refractivity contribution in [2.24, 2.45) is 0 Å². The average Bonchev–Trinajstić information content (AvgIpc) is 3.07. The highest BCUT2D eigenvalue weighted by molar-refractivity contribution is 5.59. The van der Waals surface area contributed by atoms with Gasteiger partial charge in [-0.15, -0.1) is 0 Å². The quantitative estimate of drug-likeness (QED) is 0.559. The Morgan fingerprint density at radius 2 is 1.87 bits per heavy atom. The Morgan fingerprint density at radius 1 is 1.09 bits per heavy atom. The SMILES string of the molecule is O=[N+]([O-])c1cnccc1NCc1ccc(Cn2ccnc2)cc1. The van der Waals surface area contributed by atoms with Crippen molar-refractivity contribution in [1.29, 1.82) is 0 Å². The van der Waals surface area contributed by atoms with Gasteiger partial charge in [0.1, 0.15) is 11.9 Å². The molecular weight excluding hydrogens is 294 g/mol. The summed E-state index contributed by atoms with van der Waals surface area (Å²) in [6.45, 7) is 1.28. The summed E-state index contributed by atoms with van der Waals surface area (Å²) in [6, 6.07) is 9.69. The highest BCUT2D eigenvalue weighted by Gasteiger charge is 2.12. The van der Waals surface area contributed by atoms with E-state index in [1.54, 1.807) is 18.6 Å². The molecule has 0 aliphatic rings. The van der Waals surface area contributed by atoms with Crippen molar-refractivity contribution >= 4 is 11.4 Å². The number of imidazole rings is 1. The fourth-order valence-corrected chi connectivity index (χ4v) is 2.23. The van der Waals surface area contributed by atoms with Gasteiger partial charge in [-0.2, -0.15) is 0 Å². The van der Waals surface area contributed by atoms with E-state index in [2.05, 4.69) is 15.3 Å². The molecule has 3 rings (SSSR count). The van der Waals surface area contributed by atoms with E-state index in [0.717, 1.165) is 12.1 Å². The van der Waals surface area contributed by atoms with Crippen LogP contribution in [0.25, 0.3) is 0 Å². The Hall–Kier alpha value is -3.22. The molecule has 0 bridgehead atoms. The lowest BCUT2D eigenvalue weighted by molar-refractivity contribution is -0.384. The van der Waals surface area contributed by atoms with Gasteiger partial charge in [-0.05, 0) is 17.2 Å². The van der Waals surface area contributed by atoms with Gasteiger partial charge in [0.25, 0.3) is 0 Å². The Bertz CT molecular complexity index is 784. The molecule has 0 radical (unpaired) electrons. The molecule has 0 fully saturated rings. The number of hydrogen-bond acceptors (Lipinski definition) is 5. The van der Waals surface area contributed by atoms with Crippen LogP contribution in [0, 0.1) is 10.1 Å². The largest absolute Gasteiger partial charge is 0.375 e. The minimum absolute atomic E-state index is 0.0239. The number of pyridine rings is 1. The van der Waals surface area contributed by atoms with Crippen LogP contribution in [0.15, 0.2) is 61.4 Å². The van der Waals surface area contributed by atoms with Crippen LogP contribution in [0.5, 0.6) is 0 Å². The fraction of sp³-hybridized carbons (Fsp3) is 0.125. The number of benzene rings is 1. The van der Waals surface area contributed by atoms with Gasteiger partial charge in [0, 0.05) is 31.7 Å². The molecule has 0 unspecified atom stereocenters. The van der Waals surface area contributed by atoms with Crippen LogP contribution in [0.1, 0.15) is 11.1 Å². The number of aromatic nitrogens is 3. The van der Waals surface area contributed by atoms with E-state index in [1.807, 2.05) is 35.0 Å². The molecule has 0 saturated carbocycles. The van der Waals surface area contributed by atoms with Crippen molar-refractivity contribution < 1.29 is 4.92 Å². The van der Waals surface area contributed by atoms with Gasteiger partial charge in [0.15, 0.2) is 0 Å². The molecule has 0 saturated heterocycles. The van der Waals surface area contributed by atoms with E-state index >= 15 is 0 Å². The molecule has 0 aliphatic heterocycles. The van der Waals surface area contributed by atoms with E-state index in [0.29, 0.717) is 12.2 Å². The zero-order chi connectivity index (χ0) is 16.1. The van der Waals surface area contributed by atoms with Crippen molar-refractivity contribution in [3.05, 3.63) is 82.7 Å². The Labute approximate surface area is 132 Å². The normalized spacial score (nSPS) is 10.4. The number of rotatable bonds is 6. The number of nitrogens with one attached hydrogen (secondary N) is 1. The van der Waals surface area contributed by atoms with Crippen LogP contribution < -0.4 is 5.32 Å². The van der Waals surface area contributed by atoms with E-state index < -0.39 is 4.92 Å². The monoisotopic (exact) mass is 309 g/mol. The van der Waals surface area contributed by atoms with Crippen LogP contribution in [0.4, 0.5) is 11.4 Å². The number of nitro groups is 1. The van der Waals surface area contributed by atoms with E-state index in [9.17, 15) is 10.1 Å². The second-order valence-electron chi connectivity index (χ2n) is 5.06. The third-order valence-electron chi connectivity index (χ3n) is 3.43. The first-order valence-corrected chi connectivity index (χ1v) is 7.08. The highest BCUT2D eigenvalue weighted by Crippen LogP contribution is 2.22. The van der Waals surface area contributed by atoms with Crippen LogP contribution in [0.3, 0.4) is 0 Å².